The highest BCUT2D eigenvalue weighted by Crippen LogP contribution is 2.35. The van der Waals surface area contributed by atoms with Crippen LogP contribution in [0.4, 0.5) is 5.69 Å². The maximum absolute atomic E-state index is 13.0. The highest BCUT2D eigenvalue weighted by atomic mass is 16.6. The largest absolute Gasteiger partial charge is 0.390 e. The molecule has 1 fully saturated rings. The number of aromatic nitrogens is 3. The van der Waals surface area contributed by atoms with Gasteiger partial charge in [0.05, 0.1) is 16.9 Å². The van der Waals surface area contributed by atoms with Gasteiger partial charge in [0.2, 0.25) is 0 Å². The summed E-state index contributed by atoms with van der Waals surface area (Å²) in [6.45, 7) is 5.92. The molecule has 0 amide bonds. The van der Waals surface area contributed by atoms with Gasteiger partial charge in [0.1, 0.15) is 34.5 Å². The van der Waals surface area contributed by atoms with Crippen LogP contribution < -0.4 is 10.5 Å². The van der Waals surface area contributed by atoms with E-state index in [4.69, 9.17) is 4.84 Å². The Morgan fingerprint density at radius 3 is 2.38 bits per heavy atom. The van der Waals surface area contributed by atoms with Crippen molar-refractivity contribution in [3.05, 3.63) is 63.8 Å². The van der Waals surface area contributed by atoms with E-state index in [2.05, 4.69) is 27.3 Å². The lowest BCUT2D eigenvalue weighted by Gasteiger charge is -2.37. The Morgan fingerprint density at radius 1 is 1.11 bits per heavy atom. The maximum atomic E-state index is 13.0. The first-order valence-electron chi connectivity index (χ1n) is 12.4. The van der Waals surface area contributed by atoms with Gasteiger partial charge in [-0.05, 0) is 70.7 Å². The summed E-state index contributed by atoms with van der Waals surface area (Å²) in [5.74, 6) is 0.202. The van der Waals surface area contributed by atoms with Gasteiger partial charge in [-0.1, -0.05) is 5.16 Å². The summed E-state index contributed by atoms with van der Waals surface area (Å²) < 4.78 is 1.42. The number of oxime groups is 1. The van der Waals surface area contributed by atoms with Crippen molar-refractivity contribution in [2.24, 2.45) is 18.1 Å². The third kappa shape index (κ3) is 5.31. The zero-order chi connectivity index (χ0) is 26.7. The molecular weight excluding hydrogens is 466 g/mol. The van der Waals surface area contributed by atoms with Gasteiger partial charge in [-0.3, -0.25) is 9.78 Å². The molecule has 9 heteroatoms. The molecule has 1 saturated carbocycles. The van der Waals surface area contributed by atoms with Crippen molar-refractivity contribution in [1.29, 1.82) is 10.5 Å². The van der Waals surface area contributed by atoms with Crippen LogP contribution in [0, 0.1) is 28.6 Å². The first kappa shape index (κ1) is 25.8. The average Bonchev–Trinajstić information content (AvgIpc) is 2.90. The van der Waals surface area contributed by atoms with Crippen LogP contribution in [0.25, 0.3) is 11.0 Å². The molecule has 3 aromatic rings. The molecular formula is C28H31N7O2. The molecule has 0 aromatic carbocycles. The molecule has 1 aliphatic carbocycles. The molecule has 0 radical (unpaired) electrons. The monoisotopic (exact) mass is 497 g/mol. The van der Waals surface area contributed by atoms with Crippen LogP contribution in [0.2, 0.25) is 0 Å². The van der Waals surface area contributed by atoms with Crippen molar-refractivity contribution in [3.8, 4) is 12.1 Å². The van der Waals surface area contributed by atoms with E-state index in [-0.39, 0.29) is 28.8 Å². The second-order valence-corrected chi connectivity index (χ2v) is 10.4. The molecule has 0 bridgehead atoms. The smallest absolute Gasteiger partial charge is 0.270 e. The Kier molecular flexibility index (Phi) is 7.26. The van der Waals surface area contributed by atoms with E-state index >= 15 is 0 Å². The minimum absolute atomic E-state index is 0.0415. The number of hydrogen-bond donors (Lipinski definition) is 0. The van der Waals surface area contributed by atoms with Crippen LogP contribution in [-0.4, -0.2) is 38.9 Å². The van der Waals surface area contributed by atoms with Gasteiger partial charge in [0.15, 0.2) is 0 Å². The molecule has 3 heterocycles. The van der Waals surface area contributed by atoms with Crippen molar-refractivity contribution >= 4 is 22.4 Å². The van der Waals surface area contributed by atoms with Crippen molar-refractivity contribution < 1.29 is 4.84 Å². The van der Waals surface area contributed by atoms with Crippen LogP contribution >= 0.6 is 0 Å². The second kappa shape index (κ2) is 10.4. The van der Waals surface area contributed by atoms with Crippen LogP contribution in [0.15, 0.2) is 46.6 Å². The van der Waals surface area contributed by atoms with Crippen LogP contribution in [0.1, 0.15) is 63.3 Å². The maximum Gasteiger partial charge on any atom is 0.270 e. The minimum Gasteiger partial charge on any atom is -0.390 e. The Bertz CT molecular complexity index is 1470. The van der Waals surface area contributed by atoms with E-state index in [9.17, 15) is 15.3 Å². The molecule has 0 spiro atoms. The third-order valence-corrected chi connectivity index (χ3v) is 6.82. The predicted octanol–water partition coefficient (Wildman–Crippen LogP) is 4.29. The number of fused-ring (bicyclic) bond motifs is 1. The number of pyridine rings is 3. The standard InChI is InChI=1S/C28H31N7O2/c1-28(2,3)37-33-24(19-12-14-31-15-13-19)18-6-9-21(10-7-18)34(4)26-22(17-30)27(36)35(5)23-11-8-20(16-29)32-25(23)26/h8,11-15,18,21H,6-7,9-10H2,1-5H3/b33-24+. The SMILES string of the molecule is CN(c1c(C#N)c(=O)n(C)c2ccc(C#N)nc12)C1CCC(/C(=N\OC(C)(C)C)c2ccncc2)CC1. The van der Waals surface area contributed by atoms with Gasteiger partial charge < -0.3 is 14.3 Å². The van der Waals surface area contributed by atoms with Gasteiger partial charge in [-0.15, -0.1) is 0 Å². The molecule has 37 heavy (non-hydrogen) atoms. The van der Waals surface area contributed by atoms with E-state index in [1.807, 2.05) is 44.9 Å². The lowest BCUT2D eigenvalue weighted by atomic mass is 9.80. The first-order chi connectivity index (χ1) is 17.6. The average molecular weight is 498 g/mol. The summed E-state index contributed by atoms with van der Waals surface area (Å²) in [7, 11) is 3.52. The number of nitriles is 2. The summed E-state index contributed by atoms with van der Waals surface area (Å²) in [5.41, 5.74) is 2.97. The van der Waals surface area contributed by atoms with Gasteiger partial charge in [-0.2, -0.15) is 10.5 Å². The van der Waals surface area contributed by atoms with E-state index < -0.39 is 5.60 Å². The number of hydrogen-bond acceptors (Lipinski definition) is 8. The fourth-order valence-corrected chi connectivity index (χ4v) is 4.89. The molecule has 4 rings (SSSR count). The van der Waals surface area contributed by atoms with Gasteiger partial charge in [0.25, 0.3) is 5.56 Å². The summed E-state index contributed by atoms with van der Waals surface area (Å²) in [6.07, 6.45) is 6.92. The fraction of sp³-hybridized carbons (Fsp3) is 0.429. The highest BCUT2D eigenvalue weighted by Gasteiger charge is 2.31. The molecule has 190 valence electrons. The summed E-state index contributed by atoms with van der Waals surface area (Å²) >= 11 is 0. The Morgan fingerprint density at radius 2 is 1.78 bits per heavy atom. The zero-order valence-corrected chi connectivity index (χ0v) is 21.9. The number of rotatable bonds is 5. The third-order valence-electron chi connectivity index (χ3n) is 6.82. The van der Waals surface area contributed by atoms with Crippen LogP contribution in [0.5, 0.6) is 0 Å². The Balaban J connectivity index is 1.66. The summed E-state index contributed by atoms with van der Waals surface area (Å²) in [5, 5.41) is 23.9. The quantitative estimate of drug-likeness (QED) is 0.381. The fourth-order valence-electron chi connectivity index (χ4n) is 4.89. The highest BCUT2D eigenvalue weighted by molar-refractivity contribution is 6.02. The molecule has 0 atom stereocenters. The van der Waals surface area contributed by atoms with Crippen molar-refractivity contribution in [3.63, 3.8) is 0 Å². The van der Waals surface area contributed by atoms with Gasteiger partial charge >= 0.3 is 0 Å². The van der Waals surface area contributed by atoms with E-state index in [0.717, 1.165) is 37.0 Å². The lowest BCUT2D eigenvalue weighted by Crippen LogP contribution is -2.39. The molecule has 9 nitrogen and oxygen atoms in total. The molecule has 0 aliphatic heterocycles. The predicted molar refractivity (Wildman–Crippen MR) is 142 cm³/mol. The number of nitrogens with zero attached hydrogens (tertiary/aromatic N) is 7. The Hall–Kier alpha value is -4.24. The summed E-state index contributed by atoms with van der Waals surface area (Å²) in [6, 6.07) is 11.4. The van der Waals surface area contributed by atoms with Crippen molar-refractivity contribution in [2.75, 3.05) is 11.9 Å². The lowest BCUT2D eigenvalue weighted by molar-refractivity contribution is -0.0000293. The summed E-state index contributed by atoms with van der Waals surface area (Å²) in [4.78, 5) is 29.5. The number of anilines is 1. The topological polar surface area (TPSA) is 120 Å². The van der Waals surface area contributed by atoms with E-state index in [0.29, 0.717) is 16.7 Å². The zero-order valence-electron chi connectivity index (χ0n) is 21.9. The van der Waals surface area contributed by atoms with Crippen molar-refractivity contribution in [1.82, 2.24) is 14.5 Å². The second-order valence-electron chi connectivity index (χ2n) is 10.4. The Labute approximate surface area is 216 Å². The van der Waals surface area contributed by atoms with Gasteiger partial charge in [-0.25, -0.2) is 4.98 Å². The van der Waals surface area contributed by atoms with Crippen LogP contribution in [-0.2, 0) is 11.9 Å². The number of aryl methyl sites for hydroxylation is 1. The molecule has 1 aliphatic rings. The molecule has 0 saturated heterocycles. The molecule has 0 N–H and O–H groups in total. The van der Waals surface area contributed by atoms with Crippen LogP contribution in [0.3, 0.4) is 0 Å². The normalized spacial score (nSPS) is 18.2. The van der Waals surface area contributed by atoms with Gasteiger partial charge in [0, 0.05) is 44.0 Å². The minimum atomic E-state index is -0.404. The van der Waals surface area contributed by atoms with E-state index in [1.165, 1.54) is 4.57 Å². The van der Waals surface area contributed by atoms with Crippen molar-refractivity contribution in [2.45, 2.75) is 58.1 Å². The molecule has 0 unspecified atom stereocenters. The molecule has 3 aromatic heterocycles. The van der Waals surface area contributed by atoms with E-state index in [1.54, 1.807) is 31.6 Å². The first-order valence-corrected chi connectivity index (χ1v) is 12.4.